The molecule has 0 aliphatic carbocycles. The van der Waals surface area contributed by atoms with Gasteiger partial charge in [-0.25, -0.2) is 4.79 Å². The molecule has 1 aromatic carbocycles. The molecule has 0 spiro atoms. The van der Waals surface area contributed by atoms with Crippen molar-refractivity contribution in [3.05, 3.63) is 30.1 Å². The van der Waals surface area contributed by atoms with E-state index in [2.05, 4.69) is 20.8 Å². The summed E-state index contributed by atoms with van der Waals surface area (Å²) in [6.45, 7) is 2.67. The molecule has 8 nitrogen and oxygen atoms in total. The van der Waals surface area contributed by atoms with Crippen LogP contribution in [-0.2, 0) is 4.74 Å². The Hall–Kier alpha value is -2.68. The molecule has 0 saturated carbocycles. The van der Waals surface area contributed by atoms with Crippen molar-refractivity contribution >= 4 is 29.1 Å². The summed E-state index contributed by atoms with van der Waals surface area (Å²) < 4.78 is 10.5. The fourth-order valence-corrected chi connectivity index (χ4v) is 2.42. The number of amides is 1. The average molecular weight is 347 g/mol. The van der Waals surface area contributed by atoms with Crippen molar-refractivity contribution in [3.8, 4) is 11.5 Å². The third-order valence-corrected chi connectivity index (χ3v) is 3.89. The standard InChI is InChI=1S/C15H17N5O3S/c1-9-18-13(23-19-9)10-3-5-11(6-4-10)20-8-12(22-15(20)21)7-17-14(24)16-2/h3-6,12H,7-8H2,1-2H3,(H2,16,17,24). The van der Waals surface area contributed by atoms with E-state index in [1.54, 1.807) is 18.9 Å². The molecule has 1 aliphatic heterocycles. The number of cyclic esters (lactones) is 1. The lowest BCUT2D eigenvalue weighted by molar-refractivity contribution is 0.143. The molecule has 1 fully saturated rings. The molecule has 2 heterocycles. The first kappa shape index (κ1) is 16.2. The first-order chi connectivity index (χ1) is 11.6. The number of hydrogen-bond acceptors (Lipinski definition) is 6. The van der Waals surface area contributed by atoms with E-state index >= 15 is 0 Å². The number of aryl methyl sites for hydroxylation is 1. The van der Waals surface area contributed by atoms with Crippen molar-refractivity contribution in [2.24, 2.45) is 0 Å². The topological polar surface area (TPSA) is 92.5 Å². The molecule has 1 atom stereocenters. The highest BCUT2D eigenvalue weighted by atomic mass is 32.1. The number of rotatable bonds is 4. The van der Waals surface area contributed by atoms with Crippen molar-refractivity contribution in [2.75, 3.05) is 25.0 Å². The second kappa shape index (κ2) is 6.83. The summed E-state index contributed by atoms with van der Waals surface area (Å²) in [4.78, 5) is 17.8. The van der Waals surface area contributed by atoms with Crippen LogP contribution in [0.25, 0.3) is 11.5 Å². The molecule has 0 bridgehead atoms. The van der Waals surface area contributed by atoms with Crippen LogP contribution in [0.15, 0.2) is 28.8 Å². The second-order valence-electron chi connectivity index (χ2n) is 5.27. The lowest BCUT2D eigenvalue weighted by Gasteiger charge is -2.13. The molecular formula is C15H17N5O3S. The van der Waals surface area contributed by atoms with E-state index in [4.69, 9.17) is 21.5 Å². The number of nitrogens with zero attached hydrogens (tertiary/aromatic N) is 3. The lowest BCUT2D eigenvalue weighted by Crippen LogP contribution is -2.39. The van der Waals surface area contributed by atoms with Gasteiger partial charge in [-0.15, -0.1) is 0 Å². The summed E-state index contributed by atoms with van der Waals surface area (Å²) in [6, 6.07) is 7.31. The van der Waals surface area contributed by atoms with E-state index in [0.29, 0.717) is 29.9 Å². The first-order valence-corrected chi connectivity index (χ1v) is 7.82. The maximum absolute atomic E-state index is 12.0. The lowest BCUT2D eigenvalue weighted by atomic mass is 10.2. The summed E-state index contributed by atoms with van der Waals surface area (Å²) in [5, 5.41) is 10.1. The molecule has 2 aromatic rings. The molecule has 2 N–H and O–H groups in total. The van der Waals surface area contributed by atoms with Gasteiger partial charge >= 0.3 is 6.09 Å². The van der Waals surface area contributed by atoms with Crippen LogP contribution in [0.1, 0.15) is 5.82 Å². The predicted octanol–water partition coefficient (Wildman–Crippen LogP) is 1.46. The zero-order valence-corrected chi connectivity index (χ0v) is 14.1. The molecule has 1 saturated heterocycles. The smallest absolute Gasteiger partial charge is 0.414 e. The van der Waals surface area contributed by atoms with Crippen molar-refractivity contribution < 1.29 is 14.1 Å². The molecule has 126 valence electrons. The highest BCUT2D eigenvalue weighted by Gasteiger charge is 2.32. The van der Waals surface area contributed by atoms with E-state index in [0.717, 1.165) is 11.3 Å². The SMILES string of the molecule is CNC(=S)NCC1CN(c2ccc(-c3nc(C)no3)cc2)C(=O)O1. The van der Waals surface area contributed by atoms with Crippen LogP contribution in [0, 0.1) is 6.92 Å². The highest BCUT2D eigenvalue weighted by Crippen LogP contribution is 2.25. The molecule has 1 amide bonds. The molecule has 0 radical (unpaired) electrons. The largest absolute Gasteiger partial charge is 0.442 e. The number of aromatic nitrogens is 2. The van der Waals surface area contributed by atoms with Gasteiger partial charge in [-0.1, -0.05) is 5.16 Å². The quantitative estimate of drug-likeness (QED) is 0.803. The first-order valence-electron chi connectivity index (χ1n) is 7.41. The number of carbonyl (C=O) groups is 1. The van der Waals surface area contributed by atoms with Gasteiger partial charge in [-0.2, -0.15) is 4.98 Å². The third-order valence-electron chi connectivity index (χ3n) is 3.54. The Morgan fingerprint density at radius 3 is 2.79 bits per heavy atom. The van der Waals surface area contributed by atoms with Gasteiger partial charge in [0.05, 0.1) is 13.1 Å². The molecule has 9 heteroatoms. The zero-order chi connectivity index (χ0) is 17.1. The number of benzene rings is 1. The Balaban J connectivity index is 1.66. The fourth-order valence-electron chi connectivity index (χ4n) is 2.33. The van der Waals surface area contributed by atoms with E-state index in [1.807, 2.05) is 24.3 Å². The maximum atomic E-state index is 12.0. The fraction of sp³-hybridized carbons (Fsp3) is 0.333. The van der Waals surface area contributed by atoms with Gasteiger partial charge in [0.15, 0.2) is 10.9 Å². The number of nitrogens with one attached hydrogen (secondary N) is 2. The summed E-state index contributed by atoms with van der Waals surface area (Å²) in [7, 11) is 1.73. The minimum absolute atomic E-state index is 0.262. The molecule has 1 aromatic heterocycles. The van der Waals surface area contributed by atoms with Crippen LogP contribution in [0.2, 0.25) is 0 Å². The summed E-state index contributed by atoms with van der Waals surface area (Å²) >= 11 is 5.01. The van der Waals surface area contributed by atoms with Gasteiger partial charge in [-0.3, -0.25) is 4.90 Å². The van der Waals surface area contributed by atoms with E-state index in [9.17, 15) is 4.79 Å². The van der Waals surface area contributed by atoms with Crippen LogP contribution in [0.4, 0.5) is 10.5 Å². The number of anilines is 1. The van der Waals surface area contributed by atoms with Crippen molar-refractivity contribution in [2.45, 2.75) is 13.0 Å². The number of thiocarbonyl (C=S) groups is 1. The Morgan fingerprint density at radius 2 is 2.17 bits per heavy atom. The number of ether oxygens (including phenoxy) is 1. The molecular weight excluding hydrogens is 330 g/mol. The minimum atomic E-state index is -0.376. The van der Waals surface area contributed by atoms with E-state index in [-0.39, 0.29) is 12.2 Å². The van der Waals surface area contributed by atoms with E-state index in [1.165, 1.54) is 0 Å². The minimum Gasteiger partial charge on any atom is -0.442 e. The number of hydrogen-bond donors (Lipinski definition) is 2. The van der Waals surface area contributed by atoms with Crippen LogP contribution < -0.4 is 15.5 Å². The van der Waals surface area contributed by atoms with Crippen molar-refractivity contribution in [1.82, 2.24) is 20.8 Å². The van der Waals surface area contributed by atoms with Gasteiger partial charge in [0, 0.05) is 18.3 Å². The van der Waals surface area contributed by atoms with Crippen molar-refractivity contribution in [3.63, 3.8) is 0 Å². The van der Waals surface area contributed by atoms with Crippen molar-refractivity contribution in [1.29, 1.82) is 0 Å². The Kier molecular flexibility index (Phi) is 4.61. The van der Waals surface area contributed by atoms with Gasteiger partial charge in [0.25, 0.3) is 5.89 Å². The van der Waals surface area contributed by atoms with Gasteiger partial charge < -0.3 is 19.9 Å². The Labute approximate surface area is 144 Å². The van der Waals surface area contributed by atoms with Crippen LogP contribution in [-0.4, -0.2) is 47.6 Å². The molecule has 1 unspecified atom stereocenters. The van der Waals surface area contributed by atoms with Gasteiger partial charge in [0.2, 0.25) is 0 Å². The zero-order valence-electron chi connectivity index (χ0n) is 13.3. The maximum Gasteiger partial charge on any atom is 0.414 e. The highest BCUT2D eigenvalue weighted by molar-refractivity contribution is 7.80. The molecule has 24 heavy (non-hydrogen) atoms. The summed E-state index contributed by atoms with van der Waals surface area (Å²) in [6.07, 6.45) is -0.638. The van der Waals surface area contributed by atoms with E-state index < -0.39 is 0 Å². The third kappa shape index (κ3) is 3.46. The van der Waals surface area contributed by atoms with Gasteiger partial charge in [0.1, 0.15) is 6.10 Å². The summed E-state index contributed by atoms with van der Waals surface area (Å²) in [5.74, 6) is 1.03. The number of carbonyl (C=O) groups excluding carboxylic acids is 1. The van der Waals surface area contributed by atoms with Crippen LogP contribution >= 0.6 is 12.2 Å². The van der Waals surface area contributed by atoms with Crippen LogP contribution in [0.3, 0.4) is 0 Å². The molecule has 1 aliphatic rings. The molecule has 3 rings (SSSR count). The average Bonchev–Trinajstić information content (AvgIpc) is 3.18. The predicted molar refractivity (Wildman–Crippen MR) is 91.7 cm³/mol. The van der Waals surface area contributed by atoms with Gasteiger partial charge in [-0.05, 0) is 43.4 Å². The monoisotopic (exact) mass is 347 g/mol. The second-order valence-corrected chi connectivity index (χ2v) is 5.68. The normalized spacial score (nSPS) is 16.8. The Bertz CT molecular complexity index is 746. The van der Waals surface area contributed by atoms with Crippen LogP contribution in [0.5, 0.6) is 0 Å². The Morgan fingerprint density at radius 1 is 1.42 bits per heavy atom. The summed E-state index contributed by atoms with van der Waals surface area (Å²) in [5.41, 5.74) is 1.54.